The minimum atomic E-state index is -0.116. The number of halogens is 1. The Morgan fingerprint density at radius 3 is 2.48 bits per heavy atom. The van der Waals surface area contributed by atoms with Gasteiger partial charge >= 0.3 is 0 Å². The molecule has 120 valence electrons. The smallest absolute Gasteiger partial charge is 0.226 e. The van der Waals surface area contributed by atoms with Crippen molar-refractivity contribution in [2.75, 3.05) is 22.5 Å². The predicted octanol–water partition coefficient (Wildman–Crippen LogP) is 3.85. The molecule has 0 heterocycles. The SMILES string of the molecule is CC(=O)Nc1cccc(NCCC(=O)Nc2ccccc2Br)c1. The van der Waals surface area contributed by atoms with Crippen molar-refractivity contribution in [3.05, 3.63) is 53.0 Å². The lowest BCUT2D eigenvalue weighted by Gasteiger charge is -2.10. The molecule has 0 saturated heterocycles. The summed E-state index contributed by atoms with van der Waals surface area (Å²) in [6.45, 7) is 1.96. The largest absolute Gasteiger partial charge is 0.384 e. The monoisotopic (exact) mass is 375 g/mol. The second-order valence-electron chi connectivity index (χ2n) is 4.97. The summed E-state index contributed by atoms with van der Waals surface area (Å²) >= 11 is 3.39. The van der Waals surface area contributed by atoms with Crippen LogP contribution in [-0.2, 0) is 9.59 Å². The Kier molecular flexibility index (Phi) is 6.17. The number of amides is 2. The van der Waals surface area contributed by atoms with Gasteiger partial charge in [0.25, 0.3) is 0 Å². The molecule has 2 aromatic carbocycles. The van der Waals surface area contributed by atoms with Crippen LogP contribution in [0, 0.1) is 0 Å². The van der Waals surface area contributed by atoms with Crippen molar-refractivity contribution >= 4 is 44.8 Å². The van der Waals surface area contributed by atoms with Gasteiger partial charge in [0.05, 0.1) is 5.69 Å². The first kappa shape index (κ1) is 17.0. The Labute approximate surface area is 143 Å². The second-order valence-corrected chi connectivity index (χ2v) is 5.82. The second kappa shape index (κ2) is 8.33. The Morgan fingerprint density at radius 2 is 1.74 bits per heavy atom. The lowest BCUT2D eigenvalue weighted by Crippen LogP contribution is -2.16. The molecule has 0 bridgehead atoms. The van der Waals surface area contributed by atoms with E-state index in [2.05, 4.69) is 31.9 Å². The zero-order valence-corrected chi connectivity index (χ0v) is 14.3. The van der Waals surface area contributed by atoms with Gasteiger partial charge in [0, 0.05) is 35.7 Å². The lowest BCUT2D eigenvalue weighted by atomic mass is 10.2. The molecule has 0 unspecified atom stereocenters. The molecular formula is C17H18BrN3O2. The topological polar surface area (TPSA) is 70.2 Å². The first-order valence-corrected chi connectivity index (χ1v) is 8.00. The van der Waals surface area contributed by atoms with Crippen molar-refractivity contribution in [3.8, 4) is 0 Å². The average Bonchev–Trinajstić information content (AvgIpc) is 2.49. The molecule has 0 saturated carbocycles. The van der Waals surface area contributed by atoms with Gasteiger partial charge < -0.3 is 16.0 Å². The Hall–Kier alpha value is -2.34. The quantitative estimate of drug-likeness (QED) is 0.717. The van der Waals surface area contributed by atoms with Crippen LogP contribution in [0.5, 0.6) is 0 Å². The molecule has 2 aromatic rings. The van der Waals surface area contributed by atoms with Crippen LogP contribution in [0.15, 0.2) is 53.0 Å². The van der Waals surface area contributed by atoms with Crippen molar-refractivity contribution in [2.24, 2.45) is 0 Å². The highest BCUT2D eigenvalue weighted by Gasteiger charge is 2.05. The number of carbonyl (C=O) groups is 2. The summed E-state index contributed by atoms with van der Waals surface area (Å²) in [4.78, 5) is 23.0. The zero-order chi connectivity index (χ0) is 16.7. The summed E-state index contributed by atoms with van der Waals surface area (Å²) in [5.41, 5.74) is 2.33. The Balaban J connectivity index is 1.81. The number of carbonyl (C=O) groups excluding carboxylic acids is 2. The molecule has 0 aliphatic carbocycles. The molecule has 2 rings (SSSR count). The third-order valence-electron chi connectivity index (χ3n) is 3.01. The van der Waals surface area contributed by atoms with Crippen molar-refractivity contribution in [3.63, 3.8) is 0 Å². The minimum Gasteiger partial charge on any atom is -0.384 e. The third kappa shape index (κ3) is 5.75. The fourth-order valence-corrected chi connectivity index (χ4v) is 2.39. The van der Waals surface area contributed by atoms with E-state index < -0.39 is 0 Å². The maximum atomic E-state index is 11.9. The van der Waals surface area contributed by atoms with Crippen LogP contribution in [0.2, 0.25) is 0 Å². The lowest BCUT2D eigenvalue weighted by molar-refractivity contribution is -0.116. The molecule has 3 N–H and O–H groups in total. The standard InChI is InChI=1S/C17H18BrN3O2/c1-12(22)20-14-6-4-5-13(11-14)19-10-9-17(23)21-16-8-3-2-7-15(16)18/h2-8,11,19H,9-10H2,1H3,(H,20,22)(H,21,23). The molecule has 0 fully saturated rings. The fraction of sp³-hybridized carbons (Fsp3) is 0.176. The summed E-state index contributed by atoms with van der Waals surface area (Å²) in [7, 11) is 0. The number of para-hydroxylation sites is 1. The van der Waals surface area contributed by atoms with Crippen LogP contribution >= 0.6 is 15.9 Å². The van der Waals surface area contributed by atoms with Gasteiger partial charge in [-0.15, -0.1) is 0 Å². The molecule has 2 amide bonds. The Morgan fingerprint density at radius 1 is 1.00 bits per heavy atom. The van der Waals surface area contributed by atoms with E-state index in [4.69, 9.17) is 0 Å². The van der Waals surface area contributed by atoms with Gasteiger partial charge in [0.1, 0.15) is 0 Å². The molecule has 0 atom stereocenters. The summed E-state index contributed by atoms with van der Waals surface area (Å²) in [5.74, 6) is -0.183. The van der Waals surface area contributed by atoms with Crippen LogP contribution in [-0.4, -0.2) is 18.4 Å². The van der Waals surface area contributed by atoms with Gasteiger partial charge in [-0.3, -0.25) is 9.59 Å². The number of nitrogens with one attached hydrogen (secondary N) is 3. The molecule has 0 aliphatic heterocycles. The molecule has 0 spiro atoms. The van der Waals surface area contributed by atoms with Crippen LogP contribution in [0.3, 0.4) is 0 Å². The van der Waals surface area contributed by atoms with Crippen LogP contribution in [0.1, 0.15) is 13.3 Å². The maximum Gasteiger partial charge on any atom is 0.226 e. The summed E-state index contributed by atoms with van der Waals surface area (Å²) in [5, 5.41) is 8.74. The van der Waals surface area contributed by atoms with Crippen molar-refractivity contribution < 1.29 is 9.59 Å². The van der Waals surface area contributed by atoms with Crippen LogP contribution in [0.4, 0.5) is 17.1 Å². The minimum absolute atomic E-state index is 0.0672. The molecular weight excluding hydrogens is 358 g/mol. The molecule has 5 nitrogen and oxygen atoms in total. The van der Waals surface area contributed by atoms with Gasteiger partial charge in [-0.2, -0.15) is 0 Å². The number of hydrogen-bond donors (Lipinski definition) is 3. The zero-order valence-electron chi connectivity index (χ0n) is 12.7. The van der Waals surface area contributed by atoms with Gasteiger partial charge in [0.15, 0.2) is 0 Å². The summed E-state index contributed by atoms with van der Waals surface area (Å²) < 4.78 is 0.851. The number of anilines is 3. The fourth-order valence-electron chi connectivity index (χ4n) is 2.01. The predicted molar refractivity (Wildman–Crippen MR) is 96.6 cm³/mol. The number of rotatable bonds is 6. The van der Waals surface area contributed by atoms with Crippen LogP contribution in [0.25, 0.3) is 0 Å². The Bertz CT molecular complexity index is 704. The van der Waals surface area contributed by atoms with Crippen molar-refractivity contribution in [2.45, 2.75) is 13.3 Å². The first-order valence-electron chi connectivity index (χ1n) is 7.20. The number of hydrogen-bond acceptors (Lipinski definition) is 3. The molecule has 0 radical (unpaired) electrons. The van der Waals surface area contributed by atoms with Crippen LogP contribution < -0.4 is 16.0 Å². The van der Waals surface area contributed by atoms with E-state index in [1.165, 1.54) is 6.92 Å². The average molecular weight is 376 g/mol. The highest BCUT2D eigenvalue weighted by molar-refractivity contribution is 9.10. The maximum absolute atomic E-state index is 11.9. The van der Waals surface area contributed by atoms with E-state index in [1.807, 2.05) is 48.5 Å². The van der Waals surface area contributed by atoms with E-state index >= 15 is 0 Å². The highest BCUT2D eigenvalue weighted by atomic mass is 79.9. The molecule has 6 heteroatoms. The summed E-state index contributed by atoms with van der Waals surface area (Å²) in [6, 6.07) is 14.8. The third-order valence-corrected chi connectivity index (χ3v) is 3.70. The number of benzene rings is 2. The normalized spacial score (nSPS) is 10.0. The molecule has 0 aliphatic rings. The molecule has 0 aromatic heterocycles. The summed E-state index contributed by atoms with van der Waals surface area (Å²) in [6.07, 6.45) is 0.339. The van der Waals surface area contributed by atoms with E-state index in [-0.39, 0.29) is 11.8 Å². The van der Waals surface area contributed by atoms with E-state index in [9.17, 15) is 9.59 Å². The van der Waals surface area contributed by atoms with Crippen molar-refractivity contribution in [1.82, 2.24) is 0 Å². The first-order chi connectivity index (χ1) is 11.0. The van der Waals surface area contributed by atoms with Gasteiger partial charge in [0.2, 0.25) is 11.8 Å². The highest BCUT2D eigenvalue weighted by Crippen LogP contribution is 2.21. The van der Waals surface area contributed by atoms with E-state index in [0.29, 0.717) is 13.0 Å². The van der Waals surface area contributed by atoms with Gasteiger partial charge in [-0.1, -0.05) is 18.2 Å². The van der Waals surface area contributed by atoms with Gasteiger partial charge in [-0.25, -0.2) is 0 Å². The van der Waals surface area contributed by atoms with E-state index in [1.54, 1.807) is 0 Å². The van der Waals surface area contributed by atoms with Gasteiger partial charge in [-0.05, 0) is 46.3 Å². The van der Waals surface area contributed by atoms with Crippen molar-refractivity contribution in [1.29, 1.82) is 0 Å². The molecule has 23 heavy (non-hydrogen) atoms. The van der Waals surface area contributed by atoms with E-state index in [0.717, 1.165) is 21.5 Å².